The molecule has 0 spiro atoms. The van der Waals surface area contributed by atoms with Gasteiger partial charge in [-0.1, -0.05) is 0 Å². The summed E-state index contributed by atoms with van der Waals surface area (Å²) in [5.41, 5.74) is 0. The Morgan fingerprint density at radius 2 is 1.19 bits per heavy atom. The summed E-state index contributed by atoms with van der Waals surface area (Å²) in [7, 11) is 2.91. The molecule has 93 valence electrons. The number of amides is 2. The predicted molar refractivity (Wildman–Crippen MR) is 56.3 cm³/mol. The van der Waals surface area contributed by atoms with Crippen molar-refractivity contribution in [1.82, 2.24) is 1.97 Å². The fourth-order valence-electron chi connectivity index (χ4n) is 1.18. The zero-order valence-electron chi connectivity index (χ0n) is 10.7. The molecule has 0 aliphatic carbocycles. The van der Waals surface area contributed by atoms with E-state index in [9.17, 15) is 10.6 Å². The third-order valence-electron chi connectivity index (χ3n) is 2.20. The second-order valence-electron chi connectivity index (χ2n) is 4.37. The summed E-state index contributed by atoms with van der Waals surface area (Å²) in [4.78, 5) is 23.2. The Morgan fingerprint density at radius 1 is 0.938 bits per heavy atom. The monoisotopic (exact) mass is 361 g/mol. The number of hydrogen-bond acceptors (Lipinski definition) is 2. The second kappa shape index (κ2) is 6.84. The Morgan fingerprint density at radius 3 is 1.38 bits per heavy atom. The predicted octanol–water partition coefficient (Wildman–Crippen LogP) is 1.55. The number of hydrogen-bond donors (Lipinski definition) is 0. The first-order chi connectivity index (χ1) is 7.20. The Balaban J connectivity index is 4.61. The van der Waals surface area contributed by atoms with Gasteiger partial charge >= 0.3 is 114 Å². The first-order valence-electron chi connectivity index (χ1n) is 5.27. The molecule has 0 heterocycles. The molecule has 0 fully saturated rings. The van der Waals surface area contributed by atoms with Crippen LogP contribution in [0.25, 0.3) is 0 Å². The molecule has 0 aliphatic heterocycles. The van der Waals surface area contributed by atoms with Crippen LogP contribution < -0.4 is 0 Å². The molecule has 0 unspecified atom stereocenters. The van der Waals surface area contributed by atoms with Crippen molar-refractivity contribution in [1.29, 1.82) is 0 Å². The number of carbonyl (C=O) groups excluding carboxylic acids is 2. The summed E-state index contributed by atoms with van der Waals surface area (Å²) in [5.74, 6) is -0.923. The molecular weight excluding hydrogens is 343 g/mol. The van der Waals surface area contributed by atoms with E-state index < -0.39 is 36.2 Å². The molecule has 0 saturated carbocycles. The summed E-state index contributed by atoms with van der Waals surface area (Å²) in [5, 5.41) is 0. The van der Waals surface area contributed by atoms with Crippen LogP contribution in [0.4, 0.5) is 1.01 Å². The zero-order valence-corrected chi connectivity index (χ0v) is 14.0. The summed E-state index contributed by atoms with van der Waals surface area (Å²) in [6.07, 6.45) is 0. The second-order valence-corrected chi connectivity index (χ2v) is 10.4. The van der Waals surface area contributed by atoms with Gasteiger partial charge in [-0.25, -0.2) is 0 Å². The van der Waals surface area contributed by atoms with Gasteiger partial charge < -0.3 is 0 Å². The van der Waals surface area contributed by atoms with Gasteiger partial charge in [-0.3, -0.25) is 0 Å². The van der Waals surface area contributed by atoms with E-state index in [4.69, 9.17) is 0 Å². The molecule has 0 aromatic heterocycles. The minimum absolute atomic E-state index is 0.229. The SMILES string of the molecule is CC(C)C(=O)[N](C)[Nd]([F])[N](C)C(=O)C(C)C. The van der Waals surface area contributed by atoms with Crippen LogP contribution in [0.3, 0.4) is 0 Å². The van der Waals surface area contributed by atoms with E-state index in [2.05, 4.69) is 0 Å². The van der Waals surface area contributed by atoms with Crippen LogP contribution in [0.2, 0.25) is 0 Å². The van der Waals surface area contributed by atoms with Crippen LogP contribution in [0, 0.1) is 48.1 Å². The van der Waals surface area contributed by atoms with E-state index >= 15 is 0 Å². The molecule has 0 radical (unpaired) electrons. The van der Waals surface area contributed by atoms with E-state index in [1.807, 2.05) is 0 Å². The molecule has 4 nitrogen and oxygen atoms in total. The van der Waals surface area contributed by atoms with E-state index in [-0.39, 0.29) is 23.7 Å². The number of nitrogens with zero attached hydrogens (tertiary/aromatic N) is 2. The molecule has 2 amide bonds. The van der Waals surface area contributed by atoms with Crippen molar-refractivity contribution >= 4 is 11.8 Å². The van der Waals surface area contributed by atoms with Gasteiger partial charge in [0, 0.05) is 0 Å². The zero-order chi connectivity index (χ0) is 13.0. The summed E-state index contributed by atoms with van der Waals surface area (Å²) in [6.45, 7) is 6.90. The average Bonchev–Trinajstić information content (AvgIpc) is 2.23. The molecular formula is C10H20FN2NdO2. The van der Waals surface area contributed by atoms with Gasteiger partial charge in [0.1, 0.15) is 0 Å². The maximum atomic E-state index is 14.0. The first kappa shape index (κ1) is 16.2. The van der Waals surface area contributed by atoms with Gasteiger partial charge in [0.05, 0.1) is 0 Å². The third-order valence-corrected chi connectivity index (χ3v) is 7.17. The van der Waals surface area contributed by atoms with E-state index in [0.717, 1.165) is 1.97 Å². The Bertz CT molecular complexity index is 246. The topological polar surface area (TPSA) is 40.6 Å². The number of carbonyl (C=O) groups is 2. The molecule has 0 aliphatic rings. The van der Waals surface area contributed by atoms with Gasteiger partial charge in [-0.2, -0.15) is 0 Å². The third kappa shape index (κ3) is 4.24. The normalized spacial score (nSPS) is 10.6. The van der Waals surface area contributed by atoms with Gasteiger partial charge in [0.15, 0.2) is 0 Å². The molecule has 0 aromatic rings. The van der Waals surface area contributed by atoms with Crippen LogP contribution in [0.15, 0.2) is 0 Å². The Hall–Kier alpha value is 0.221. The van der Waals surface area contributed by atoms with Crippen LogP contribution in [0.5, 0.6) is 0 Å². The van der Waals surface area contributed by atoms with Crippen molar-refractivity contribution < 1.29 is 46.8 Å². The summed E-state index contributed by atoms with van der Waals surface area (Å²) >= 11 is -3.92. The molecule has 0 N–H and O–H groups in total. The first-order valence-corrected chi connectivity index (χ1v) is 9.35. The van der Waals surface area contributed by atoms with E-state index in [1.54, 1.807) is 27.7 Å². The van der Waals surface area contributed by atoms with Crippen LogP contribution >= 0.6 is 0 Å². The quantitative estimate of drug-likeness (QED) is 0.760. The summed E-state index contributed by atoms with van der Waals surface area (Å²) < 4.78 is 16.4. The number of rotatable bonds is 4. The van der Waals surface area contributed by atoms with Crippen molar-refractivity contribution in [2.75, 3.05) is 14.1 Å². The molecule has 0 saturated heterocycles. The molecule has 0 atom stereocenters. The molecule has 0 aromatic carbocycles. The molecule has 0 bridgehead atoms. The molecule has 6 heteroatoms. The minimum atomic E-state index is -3.92. The Kier molecular flexibility index (Phi) is 6.93. The van der Waals surface area contributed by atoms with E-state index in [0.29, 0.717) is 0 Å². The Labute approximate surface area is 113 Å². The molecule has 0 rings (SSSR count). The van der Waals surface area contributed by atoms with Crippen LogP contribution in [-0.2, 0) is 9.59 Å². The van der Waals surface area contributed by atoms with E-state index in [1.165, 1.54) is 14.1 Å². The van der Waals surface area contributed by atoms with Gasteiger partial charge in [0.2, 0.25) is 0 Å². The van der Waals surface area contributed by atoms with Crippen molar-refractivity contribution in [2.24, 2.45) is 11.8 Å². The average molecular weight is 364 g/mol. The summed E-state index contributed by atoms with van der Waals surface area (Å²) in [6, 6.07) is 0. The van der Waals surface area contributed by atoms with Crippen molar-refractivity contribution in [3.05, 3.63) is 0 Å². The fraction of sp³-hybridized carbons (Fsp3) is 0.800. The van der Waals surface area contributed by atoms with Crippen molar-refractivity contribution in [3.8, 4) is 0 Å². The van der Waals surface area contributed by atoms with Gasteiger partial charge in [-0.15, -0.1) is 0 Å². The fourth-order valence-corrected chi connectivity index (χ4v) is 5.45. The van der Waals surface area contributed by atoms with Crippen molar-refractivity contribution in [2.45, 2.75) is 27.7 Å². The number of halogens is 1. The van der Waals surface area contributed by atoms with Crippen molar-refractivity contribution in [3.63, 3.8) is 0 Å². The van der Waals surface area contributed by atoms with Gasteiger partial charge in [-0.05, 0) is 0 Å². The van der Waals surface area contributed by atoms with Crippen LogP contribution in [0.1, 0.15) is 27.7 Å². The molecule has 16 heavy (non-hydrogen) atoms. The maximum absolute atomic E-state index is 14.0. The standard InChI is InChI=1S/2C5H11NO.FH.Nd/c2*1-4(2)5(7)6-3;;/h2*4H,1-3H3,(H,6,7);1H;/q;;;+3/p-3. The van der Waals surface area contributed by atoms with Gasteiger partial charge in [0.25, 0.3) is 0 Å². The van der Waals surface area contributed by atoms with Crippen LogP contribution in [-0.4, -0.2) is 27.9 Å².